The highest BCUT2D eigenvalue weighted by molar-refractivity contribution is 6.31. The summed E-state index contributed by atoms with van der Waals surface area (Å²) in [5.41, 5.74) is 6.34. The summed E-state index contributed by atoms with van der Waals surface area (Å²) in [7, 11) is 1.27. The largest absolute Gasteiger partial charge is 0.465 e. The van der Waals surface area contributed by atoms with Crippen LogP contribution in [0.5, 0.6) is 0 Å². The van der Waals surface area contributed by atoms with Crippen molar-refractivity contribution >= 4 is 29.2 Å². The van der Waals surface area contributed by atoms with Crippen molar-refractivity contribution in [3.63, 3.8) is 0 Å². The molecule has 0 aromatic heterocycles. The van der Waals surface area contributed by atoms with E-state index in [1.165, 1.54) is 19.2 Å². The van der Waals surface area contributed by atoms with Gasteiger partial charge in [-0.05, 0) is 24.6 Å². The molecule has 110 valence electrons. The van der Waals surface area contributed by atoms with Crippen LogP contribution in [0.1, 0.15) is 36.5 Å². The highest BCUT2D eigenvalue weighted by atomic mass is 35.5. The molecule has 0 aliphatic carbocycles. The summed E-state index contributed by atoms with van der Waals surface area (Å²) in [6.45, 7) is 2.02. The highest BCUT2D eigenvalue weighted by Gasteiger charge is 2.18. The molecule has 0 radical (unpaired) electrons. The number of rotatable bonds is 6. The van der Waals surface area contributed by atoms with Gasteiger partial charge in [0.1, 0.15) is 0 Å². The lowest BCUT2D eigenvalue weighted by Gasteiger charge is -2.14. The molecule has 0 spiro atoms. The zero-order valence-electron chi connectivity index (χ0n) is 11.6. The Morgan fingerprint density at radius 3 is 2.75 bits per heavy atom. The van der Waals surface area contributed by atoms with E-state index in [0.29, 0.717) is 17.1 Å². The van der Waals surface area contributed by atoms with Gasteiger partial charge >= 0.3 is 5.97 Å². The lowest BCUT2D eigenvalue weighted by atomic mass is 10.1. The van der Waals surface area contributed by atoms with Crippen LogP contribution in [0.3, 0.4) is 0 Å². The molecule has 0 bridgehead atoms. The SMILES string of the molecule is CCCC[C@H](N)C(=O)Nc1cc(Cl)ccc1C(=O)OC. The molecule has 1 atom stereocenters. The number of halogens is 1. The van der Waals surface area contributed by atoms with Crippen molar-refractivity contribution in [2.24, 2.45) is 5.73 Å². The van der Waals surface area contributed by atoms with E-state index in [1.54, 1.807) is 6.07 Å². The van der Waals surface area contributed by atoms with Crippen LogP contribution in [0, 0.1) is 0 Å². The Labute approximate surface area is 123 Å². The summed E-state index contributed by atoms with van der Waals surface area (Å²) in [5, 5.41) is 3.04. The van der Waals surface area contributed by atoms with Crippen molar-refractivity contribution in [2.75, 3.05) is 12.4 Å². The Hall–Kier alpha value is -1.59. The third kappa shape index (κ3) is 4.51. The van der Waals surface area contributed by atoms with E-state index in [9.17, 15) is 9.59 Å². The first-order valence-corrected chi connectivity index (χ1v) is 6.81. The molecule has 20 heavy (non-hydrogen) atoms. The Morgan fingerprint density at radius 1 is 1.45 bits per heavy atom. The number of anilines is 1. The molecular formula is C14H19ClN2O3. The first kappa shape index (κ1) is 16.5. The molecule has 1 aromatic carbocycles. The molecule has 3 N–H and O–H groups in total. The molecular weight excluding hydrogens is 280 g/mol. The van der Waals surface area contributed by atoms with Gasteiger partial charge in [0.2, 0.25) is 5.91 Å². The zero-order chi connectivity index (χ0) is 15.1. The van der Waals surface area contributed by atoms with E-state index in [4.69, 9.17) is 17.3 Å². The van der Waals surface area contributed by atoms with Gasteiger partial charge in [-0.1, -0.05) is 31.4 Å². The minimum absolute atomic E-state index is 0.243. The van der Waals surface area contributed by atoms with Crippen molar-refractivity contribution in [3.05, 3.63) is 28.8 Å². The summed E-state index contributed by atoms with van der Waals surface area (Å²) >= 11 is 5.88. The number of hydrogen-bond donors (Lipinski definition) is 2. The average molecular weight is 299 g/mol. The highest BCUT2D eigenvalue weighted by Crippen LogP contribution is 2.22. The van der Waals surface area contributed by atoms with Crippen molar-refractivity contribution in [1.82, 2.24) is 0 Å². The van der Waals surface area contributed by atoms with Crippen LogP contribution in [-0.4, -0.2) is 25.0 Å². The van der Waals surface area contributed by atoms with Crippen LogP contribution < -0.4 is 11.1 Å². The first-order valence-electron chi connectivity index (χ1n) is 6.44. The Kier molecular flexibility index (Phi) is 6.48. The minimum Gasteiger partial charge on any atom is -0.465 e. The van der Waals surface area contributed by atoms with Crippen LogP contribution in [-0.2, 0) is 9.53 Å². The number of methoxy groups -OCH3 is 1. The molecule has 0 aliphatic heterocycles. The smallest absolute Gasteiger partial charge is 0.339 e. The normalized spacial score (nSPS) is 11.8. The molecule has 1 aromatic rings. The number of benzene rings is 1. The molecule has 5 nitrogen and oxygen atoms in total. The number of unbranched alkanes of at least 4 members (excludes halogenated alkanes) is 1. The topological polar surface area (TPSA) is 81.4 Å². The first-order chi connectivity index (χ1) is 9.49. The molecule has 1 amide bonds. The fourth-order valence-electron chi connectivity index (χ4n) is 1.69. The number of amides is 1. The number of carbonyl (C=O) groups is 2. The molecule has 0 fully saturated rings. The van der Waals surface area contributed by atoms with Crippen molar-refractivity contribution < 1.29 is 14.3 Å². The number of nitrogens with two attached hydrogens (primary N) is 1. The van der Waals surface area contributed by atoms with E-state index in [2.05, 4.69) is 10.1 Å². The van der Waals surface area contributed by atoms with E-state index < -0.39 is 12.0 Å². The lowest BCUT2D eigenvalue weighted by molar-refractivity contribution is -0.117. The van der Waals surface area contributed by atoms with Crippen LogP contribution in [0.25, 0.3) is 0 Å². The maximum atomic E-state index is 12.0. The fraction of sp³-hybridized carbons (Fsp3) is 0.429. The summed E-state index contributed by atoms with van der Waals surface area (Å²) in [6.07, 6.45) is 2.43. The van der Waals surface area contributed by atoms with Gasteiger partial charge in [-0.3, -0.25) is 4.79 Å². The number of hydrogen-bond acceptors (Lipinski definition) is 4. The van der Waals surface area contributed by atoms with Gasteiger partial charge in [0.15, 0.2) is 0 Å². The lowest BCUT2D eigenvalue weighted by Crippen LogP contribution is -2.35. The summed E-state index contributed by atoms with van der Waals surface area (Å²) in [5.74, 6) is -0.884. The Morgan fingerprint density at radius 2 is 2.15 bits per heavy atom. The molecule has 6 heteroatoms. The Bertz CT molecular complexity index is 491. The standard InChI is InChI=1S/C14H19ClN2O3/c1-3-4-5-11(16)13(18)17-12-8-9(15)6-7-10(12)14(19)20-2/h6-8,11H,3-5,16H2,1-2H3,(H,17,18)/t11-/m0/s1. The van der Waals surface area contributed by atoms with Gasteiger partial charge in [-0.2, -0.15) is 0 Å². The third-order valence-corrected chi connectivity index (χ3v) is 3.09. The predicted molar refractivity (Wildman–Crippen MR) is 78.9 cm³/mol. The van der Waals surface area contributed by atoms with E-state index in [0.717, 1.165) is 12.8 Å². The molecule has 0 unspecified atom stereocenters. The second kappa shape index (κ2) is 7.87. The number of carbonyl (C=O) groups excluding carboxylic acids is 2. The summed E-state index contributed by atoms with van der Waals surface area (Å²) in [6, 6.07) is 3.94. The molecule has 0 heterocycles. The van der Waals surface area contributed by atoms with E-state index in [-0.39, 0.29) is 11.5 Å². The van der Waals surface area contributed by atoms with Gasteiger partial charge in [-0.25, -0.2) is 4.79 Å². The van der Waals surface area contributed by atoms with Crippen LogP contribution >= 0.6 is 11.6 Å². The zero-order valence-corrected chi connectivity index (χ0v) is 12.4. The van der Waals surface area contributed by atoms with Crippen molar-refractivity contribution in [3.8, 4) is 0 Å². The van der Waals surface area contributed by atoms with Gasteiger partial charge in [0.05, 0.1) is 24.4 Å². The monoisotopic (exact) mass is 298 g/mol. The van der Waals surface area contributed by atoms with Gasteiger partial charge < -0.3 is 15.8 Å². The Balaban J connectivity index is 2.87. The second-order valence-electron chi connectivity index (χ2n) is 4.42. The van der Waals surface area contributed by atoms with Gasteiger partial charge in [0.25, 0.3) is 0 Å². The van der Waals surface area contributed by atoms with E-state index >= 15 is 0 Å². The maximum absolute atomic E-state index is 12.0. The van der Waals surface area contributed by atoms with Crippen LogP contribution in [0.15, 0.2) is 18.2 Å². The number of ether oxygens (including phenoxy) is 1. The second-order valence-corrected chi connectivity index (χ2v) is 4.86. The van der Waals surface area contributed by atoms with Gasteiger partial charge in [0, 0.05) is 5.02 Å². The minimum atomic E-state index is -0.612. The van der Waals surface area contributed by atoms with Crippen LogP contribution in [0.2, 0.25) is 5.02 Å². The maximum Gasteiger partial charge on any atom is 0.339 e. The van der Waals surface area contributed by atoms with Crippen molar-refractivity contribution in [1.29, 1.82) is 0 Å². The predicted octanol–water partition coefficient (Wildman–Crippen LogP) is 2.58. The molecule has 0 saturated carbocycles. The van der Waals surface area contributed by atoms with E-state index in [1.807, 2.05) is 6.92 Å². The molecule has 0 aliphatic rings. The summed E-state index contributed by atoms with van der Waals surface area (Å²) in [4.78, 5) is 23.6. The molecule has 0 saturated heterocycles. The average Bonchev–Trinajstić information content (AvgIpc) is 2.44. The number of nitrogens with one attached hydrogen (secondary N) is 1. The van der Waals surface area contributed by atoms with Crippen molar-refractivity contribution in [2.45, 2.75) is 32.2 Å². The summed E-state index contributed by atoms with van der Waals surface area (Å²) < 4.78 is 4.66. The fourth-order valence-corrected chi connectivity index (χ4v) is 1.86. The molecule has 1 rings (SSSR count). The quantitative estimate of drug-likeness (QED) is 0.791. The van der Waals surface area contributed by atoms with Gasteiger partial charge in [-0.15, -0.1) is 0 Å². The number of esters is 1. The van der Waals surface area contributed by atoms with Crippen LogP contribution in [0.4, 0.5) is 5.69 Å². The third-order valence-electron chi connectivity index (χ3n) is 2.85.